The summed E-state index contributed by atoms with van der Waals surface area (Å²) in [5, 5.41) is 20.7. The maximum atomic E-state index is 14.0. The van der Waals surface area contributed by atoms with Crippen LogP contribution in [0.15, 0.2) is 109 Å². The Hall–Kier alpha value is -6.79. The monoisotopic (exact) mass is 1460 g/mol. The number of nitrogens with one attached hydrogen (secondary N) is 1. The number of phenols is 2. The van der Waals surface area contributed by atoms with Crippen LogP contribution in [0.2, 0.25) is 0 Å². The summed E-state index contributed by atoms with van der Waals surface area (Å²) < 4.78 is 53.7. The van der Waals surface area contributed by atoms with Gasteiger partial charge in [-0.15, -0.1) is 0 Å². The van der Waals surface area contributed by atoms with Gasteiger partial charge in [-0.25, -0.2) is 12.8 Å². The molecule has 3 N–H and O–H groups in total. The van der Waals surface area contributed by atoms with Gasteiger partial charge in [0.25, 0.3) is 0 Å². The highest BCUT2D eigenvalue weighted by Gasteiger charge is 2.20. The SMILES string of the molecule is CN1CCN(CCCC(=O)CCCc2cc(F)cc(Cc3ccccc3)c2)CC1.COc1ccc(CCCC(=O)CCCN2CCN(C)CC2)cc1O.COc1ccc(CCCS(=O)(=O)CCCN2CCN(C)CC2)cc1O.COc1ccc2[nH]cc(CCCC(=O)CCCN3CCN(C)CC3)c2c1. The number of phenolic OH excluding ortho intramolecular Hbond substituents is 2. The Morgan fingerprint density at radius 1 is 0.423 bits per heavy atom. The molecule has 5 heterocycles. The Morgan fingerprint density at radius 3 is 1.27 bits per heavy atom. The summed E-state index contributed by atoms with van der Waals surface area (Å²) in [5.41, 5.74) is 7.51. The summed E-state index contributed by atoms with van der Waals surface area (Å²) in [6, 6.07) is 32.1. The summed E-state index contributed by atoms with van der Waals surface area (Å²) in [6.45, 7) is 21.6. The number of ether oxygens (including phenoxy) is 3. The Labute approximate surface area is 621 Å². The van der Waals surface area contributed by atoms with E-state index in [0.717, 1.165) is 229 Å². The fraction of sp³-hybridized carbons (Fsp3) is 0.578. The van der Waals surface area contributed by atoms with Crippen molar-refractivity contribution < 1.29 is 51.6 Å². The van der Waals surface area contributed by atoms with Crippen molar-refractivity contribution in [1.29, 1.82) is 0 Å². The van der Waals surface area contributed by atoms with Gasteiger partial charge >= 0.3 is 0 Å². The van der Waals surface area contributed by atoms with Crippen molar-refractivity contribution in [2.45, 2.75) is 122 Å². The molecule has 1 aromatic heterocycles. The molecular weight excluding hydrogens is 1330 g/mol. The van der Waals surface area contributed by atoms with E-state index in [1.165, 1.54) is 30.7 Å². The van der Waals surface area contributed by atoms with Crippen LogP contribution in [-0.2, 0) is 56.3 Å². The average Bonchev–Trinajstić information content (AvgIpc) is 1.66. The van der Waals surface area contributed by atoms with Crippen molar-refractivity contribution in [3.05, 3.63) is 149 Å². The molecule has 21 heteroatoms. The number of benzene rings is 5. The number of likely N-dealkylation sites (N-methyl/N-ethyl adjacent to an activating group) is 4. The normalized spacial score (nSPS) is 16.2. The van der Waals surface area contributed by atoms with E-state index in [-0.39, 0.29) is 28.8 Å². The van der Waals surface area contributed by atoms with Crippen molar-refractivity contribution in [3.8, 4) is 28.7 Å². The van der Waals surface area contributed by atoms with Gasteiger partial charge in [0.2, 0.25) is 0 Å². The van der Waals surface area contributed by atoms with Gasteiger partial charge < -0.3 is 68.6 Å². The van der Waals surface area contributed by atoms with Crippen molar-refractivity contribution in [3.63, 3.8) is 0 Å². The van der Waals surface area contributed by atoms with E-state index in [9.17, 15) is 37.4 Å². The van der Waals surface area contributed by atoms with Gasteiger partial charge in [0.15, 0.2) is 23.0 Å². The number of nitrogens with zero attached hydrogens (tertiary/aromatic N) is 8. The molecule has 574 valence electrons. The molecule has 0 unspecified atom stereocenters. The first-order valence-electron chi connectivity index (χ1n) is 38.3. The molecule has 0 radical (unpaired) electrons. The second-order valence-electron chi connectivity index (χ2n) is 29.0. The van der Waals surface area contributed by atoms with Gasteiger partial charge in [0.05, 0.1) is 32.8 Å². The minimum absolute atomic E-state index is 0.0926. The number of hydrogen-bond donors (Lipinski definition) is 3. The molecule has 0 atom stereocenters. The number of H-pyrrole nitrogens is 1. The lowest BCUT2D eigenvalue weighted by Crippen LogP contribution is -2.44. The molecule has 6 aromatic rings. The van der Waals surface area contributed by atoms with Crippen molar-refractivity contribution in [2.75, 3.05) is 192 Å². The van der Waals surface area contributed by atoms with E-state index in [4.69, 9.17) is 14.2 Å². The molecule has 0 saturated carbocycles. The number of methoxy groups -OCH3 is 3. The lowest BCUT2D eigenvalue weighted by Gasteiger charge is -2.32. The summed E-state index contributed by atoms with van der Waals surface area (Å²) >= 11 is 0. The molecule has 4 saturated heterocycles. The third-order valence-electron chi connectivity index (χ3n) is 20.5. The number of sulfone groups is 1. The summed E-state index contributed by atoms with van der Waals surface area (Å²) in [7, 11) is 10.3. The number of halogens is 1. The first-order valence-corrected chi connectivity index (χ1v) is 40.1. The third-order valence-corrected chi connectivity index (χ3v) is 22.3. The van der Waals surface area contributed by atoms with E-state index in [2.05, 4.69) is 103 Å². The van der Waals surface area contributed by atoms with Gasteiger partial charge in [-0.05, 0) is 226 Å². The largest absolute Gasteiger partial charge is 0.504 e. The number of piperazine rings is 4. The molecule has 0 amide bonds. The molecule has 4 fully saturated rings. The van der Waals surface area contributed by atoms with Gasteiger partial charge in [-0.3, -0.25) is 14.4 Å². The summed E-state index contributed by atoms with van der Waals surface area (Å²) in [4.78, 5) is 58.8. The molecule has 0 spiro atoms. The van der Waals surface area contributed by atoms with Gasteiger partial charge in [0, 0.05) is 160 Å². The number of aryl methyl sites for hydroxylation is 4. The predicted molar refractivity (Wildman–Crippen MR) is 419 cm³/mol. The van der Waals surface area contributed by atoms with E-state index in [1.807, 2.05) is 42.5 Å². The highest BCUT2D eigenvalue weighted by atomic mass is 32.2. The third kappa shape index (κ3) is 32.5. The van der Waals surface area contributed by atoms with E-state index in [0.29, 0.717) is 86.6 Å². The Bertz CT molecular complexity index is 3590. The standard InChI is InChI=1S/C25H33FN2O.C21H31N3O2.C19H30N2O3.C18H30N2O4S/c1-27-13-15-28(16-14-27)12-6-11-25(29)10-5-9-22-18-23(20-24(26)19-22)17-21-7-3-2-4-8-21;1-23-11-13-24(14-12-23)10-4-7-18(25)6-3-5-17-16-22-21-9-8-19(26-2)15-20(17)21;1-20-11-13-21(14-12-20)10-4-7-17(22)6-3-5-16-8-9-19(24-2)18(23)15-16;1-19-9-11-20(12-10-19)8-4-14-25(22,23)13-3-5-16-6-7-18(24-2)17(21)15-16/h2-4,7-8,18-20H,5-6,9-17H2,1H3;8-9,15-16,22H,3-7,10-14H2,1-2H3;8-9,15,23H,3-7,10-14H2,1-2H3;6-7,15,21H,3-5,8-14H2,1-2H3. The number of Topliss-reactive ketones (excluding diaryl/α,β-unsaturated/α-hetero) is 3. The zero-order chi connectivity index (χ0) is 74.5. The smallest absolute Gasteiger partial charge is 0.160 e. The summed E-state index contributed by atoms with van der Waals surface area (Å²) in [6.07, 6.45) is 16.6. The fourth-order valence-corrected chi connectivity index (χ4v) is 15.1. The molecule has 5 aromatic carbocycles. The van der Waals surface area contributed by atoms with Gasteiger partial charge in [-0.2, -0.15) is 0 Å². The first-order chi connectivity index (χ1) is 50.2. The number of ketones is 3. The van der Waals surface area contributed by atoms with Crippen molar-refractivity contribution in [1.82, 2.24) is 44.2 Å². The zero-order valence-electron chi connectivity index (χ0n) is 63.9. The molecular formula is C83H124FN9O10S. The quantitative estimate of drug-likeness (QED) is 0.0333. The zero-order valence-corrected chi connectivity index (χ0v) is 64.7. The molecule has 4 aliphatic heterocycles. The molecule has 104 heavy (non-hydrogen) atoms. The van der Waals surface area contributed by atoms with Crippen LogP contribution in [0, 0.1) is 5.82 Å². The van der Waals surface area contributed by atoms with Crippen molar-refractivity contribution in [2.24, 2.45) is 0 Å². The average molecular weight is 1460 g/mol. The van der Waals surface area contributed by atoms with Crippen LogP contribution in [-0.4, -0.2) is 272 Å². The van der Waals surface area contributed by atoms with E-state index in [1.54, 1.807) is 43.5 Å². The molecule has 4 aliphatic rings. The lowest BCUT2D eigenvalue weighted by molar-refractivity contribution is -0.120. The second kappa shape index (κ2) is 46.3. The second-order valence-corrected chi connectivity index (χ2v) is 31.3. The highest BCUT2D eigenvalue weighted by Crippen LogP contribution is 2.29. The molecule has 0 bridgehead atoms. The number of carbonyl (C=O) groups is 3. The molecule has 10 rings (SSSR count). The number of hydrogen-bond acceptors (Lipinski definition) is 18. The van der Waals surface area contributed by atoms with Crippen LogP contribution >= 0.6 is 0 Å². The van der Waals surface area contributed by atoms with Crippen LogP contribution in [0.1, 0.15) is 123 Å². The number of fused-ring (bicyclic) bond motifs is 1. The summed E-state index contributed by atoms with van der Waals surface area (Å²) in [5.74, 6) is 3.39. The van der Waals surface area contributed by atoms with Crippen LogP contribution in [0.5, 0.6) is 28.7 Å². The topological polar surface area (TPSA) is 195 Å². The number of rotatable bonds is 37. The number of aromatic amines is 1. The Kier molecular flexibility index (Phi) is 37.6. The Balaban J connectivity index is 0.000000194. The van der Waals surface area contributed by atoms with Crippen LogP contribution in [0.25, 0.3) is 10.9 Å². The number of aromatic hydroxyl groups is 2. The fourth-order valence-electron chi connectivity index (χ4n) is 13.8. The lowest BCUT2D eigenvalue weighted by atomic mass is 9.99. The van der Waals surface area contributed by atoms with Crippen molar-refractivity contribution >= 4 is 38.1 Å². The minimum atomic E-state index is -3.01. The van der Waals surface area contributed by atoms with Crippen LogP contribution in [0.4, 0.5) is 4.39 Å². The first kappa shape index (κ1) is 84.5. The molecule has 0 aliphatic carbocycles. The maximum absolute atomic E-state index is 14.0. The predicted octanol–water partition coefficient (Wildman–Crippen LogP) is 11.1. The Morgan fingerprint density at radius 2 is 0.827 bits per heavy atom. The van der Waals surface area contributed by atoms with E-state index >= 15 is 0 Å². The molecule has 19 nitrogen and oxygen atoms in total. The number of carbonyl (C=O) groups excluding carboxylic acids is 3. The van der Waals surface area contributed by atoms with E-state index < -0.39 is 9.84 Å². The number of aromatic nitrogens is 1. The van der Waals surface area contributed by atoms with Crippen LogP contribution < -0.4 is 14.2 Å². The van der Waals surface area contributed by atoms with Gasteiger partial charge in [-0.1, -0.05) is 48.5 Å². The van der Waals surface area contributed by atoms with Gasteiger partial charge in [0.1, 0.15) is 38.8 Å². The maximum Gasteiger partial charge on any atom is 0.160 e. The van der Waals surface area contributed by atoms with Crippen LogP contribution in [0.3, 0.4) is 0 Å². The highest BCUT2D eigenvalue weighted by molar-refractivity contribution is 7.91. The minimum Gasteiger partial charge on any atom is -0.504 e.